The van der Waals surface area contributed by atoms with E-state index in [0.717, 1.165) is 11.4 Å². The molecule has 0 bridgehead atoms. The zero-order valence-corrected chi connectivity index (χ0v) is 35.0. The fourth-order valence-electron chi connectivity index (χ4n) is 6.70. The van der Waals surface area contributed by atoms with Gasteiger partial charge in [-0.2, -0.15) is 18.8 Å². The van der Waals surface area contributed by atoms with Crippen molar-refractivity contribution in [1.29, 1.82) is 0 Å². The number of carbonyl (C=O) groups is 2. The topological polar surface area (TPSA) is 191 Å². The first-order chi connectivity index (χ1) is 26.5. The first-order valence-electron chi connectivity index (χ1n) is 17.8. The van der Waals surface area contributed by atoms with Crippen LogP contribution in [0.2, 0.25) is 10.0 Å². The number of nitrogens with one attached hydrogen (secondary N) is 2. The number of amides is 2. The summed E-state index contributed by atoms with van der Waals surface area (Å²) in [5, 5.41) is 14.9. The number of halogens is 2. The predicted octanol–water partition coefficient (Wildman–Crippen LogP) is 5.66. The minimum atomic E-state index is -3.85. The SMILES string of the molecule is CC[C@@H]1Cc2[nH]ncc2[C@@H](COC(=O)N(C)C)N1S(=O)(=O)c1ccc(Cl)cc1.CC[C@@H]1Cc2[nH]ncc2[C@H](COC(=O)N(C)C)N1S(=O)(=O)c1ccc(Cl)cc1. The summed E-state index contributed by atoms with van der Waals surface area (Å²) in [6.45, 7) is 3.65. The van der Waals surface area contributed by atoms with Gasteiger partial charge in [0, 0.05) is 85.7 Å². The molecule has 2 amide bonds. The molecule has 6 rings (SSSR count). The highest BCUT2D eigenvalue weighted by Gasteiger charge is 2.45. The van der Waals surface area contributed by atoms with Crippen molar-refractivity contribution in [3.63, 3.8) is 0 Å². The lowest BCUT2D eigenvalue weighted by molar-refractivity contribution is 0.0815. The quantitative estimate of drug-likeness (QED) is 0.201. The molecule has 0 unspecified atom stereocenters. The number of ether oxygens (including phenoxy) is 2. The smallest absolute Gasteiger partial charge is 0.409 e. The maximum Gasteiger partial charge on any atom is 0.409 e. The zero-order chi connectivity index (χ0) is 40.9. The molecule has 2 aliphatic rings. The van der Waals surface area contributed by atoms with E-state index in [1.165, 1.54) is 42.7 Å². The minimum absolute atomic E-state index is 0.104. The van der Waals surface area contributed by atoms with Crippen LogP contribution in [0.5, 0.6) is 0 Å². The third-order valence-electron chi connectivity index (χ3n) is 9.62. The van der Waals surface area contributed by atoms with Gasteiger partial charge in [0.15, 0.2) is 0 Å². The van der Waals surface area contributed by atoms with E-state index >= 15 is 0 Å². The molecule has 2 aliphatic heterocycles. The van der Waals surface area contributed by atoms with Gasteiger partial charge >= 0.3 is 12.2 Å². The van der Waals surface area contributed by atoms with Gasteiger partial charge in [0.05, 0.1) is 34.3 Å². The summed E-state index contributed by atoms with van der Waals surface area (Å²) in [7, 11) is -1.41. The van der Waals surface area contributed by atoms with Gasteiger partial charge in [-0.05, 0) is 61.4 Å². The van der Waals surface area contributed by atoms with E-state index < -0.39 is 44.3 Å². The number of carbonyl (C=O) groups excluding carboxylic acids is 2. The van der Waals surface area contributed by atoms with Crippen LogP contribution in [0, 0.1) is 0 Å². The number of H-pyrrole nitrogens is 2. The standard InChI is InChI=1S/2C18H23ClN4O4S/c2*1-4-13-9-16-15(10-20-21-16)17(11-27-18(24)22(2)3)23(13)28(25,26)14-7-5-12(19)6-8-14/h2*5-8,10,13,17H,4,9,11H2,1-3H3,(H,20,21)/t13-,17+;13-,17-/m11/s1. The number of fused-ring (bicyclic) bond motifs is 2. The van der Waals surface area contributed by atoms with E-state index in [1.807, 2.05) is 13.8 Å². The van der Waals surface area contributed by atoms with Crippen LogP contribution in [0.1, 0.15) is 61.3 Å². The van der Waals surface area contributed by atoms with E-state index in [1.54, 1.807) is 64.8 Å². The summed E-state index contributed by atoms with van der Waals surface area (Å²) in [5.74, 6) is 0. The monoisotopic (exact) mass is 852 g/mol. The van der Waals surface area contributed by atoms with Crippen molar-refractivity contribution < 1.29 is 35.9 Å². The molecule has 0 saturated heterocycles. The number of hydrogen-bond donors (Lipinski definition) is 2. The average Bonchev–Trinajstić information content (AvgIpc) is 3.85. The lowest BCUT2D eigenvalue weighted by Gasteiger charge is -2.40. The van der Waals surface area contributed by atoms with Gasteiger partial charge < -0.3 is 19.3 Å². The average molecular weight is 854 g/mol. The molecule has 2 N–H and O–H groups in total. The van der Waals surface area contributed by atoms with Crippen molar-refractivity contribution in [1.82, 2.24) is 38.8 Å². The Hall–Kier alpha value is -4.20. The fraction of sp³-hybridized carbons (Fsp3) is 0.444. The van der Waals surface area contributed by atoms with Crippen LogP contribution >= 0.6 is 23.2 Å². The maximum absolute atomic E-state index is 13.5. The van der Waals surface area contributed by atoms with Gasteiger partial charge in [-0.15, -0.1) is 0 Å². The Kier molecular flexibility index (Phi) is 13.8. The molecule has 56 heavy (non-hydrogen) atoms. The second-order valence-corrected chi connectivity index (χ2v) is 18.3. The summed E-state index contributed by atoms with van der Waals surface area (Å²) < 4.78 is 67.6. The number of nitrogens with zero attached hydrogens (tertiary/aromatic N) is 6. The second-order valence-electron chi connectivity index (χ2n) is 13.7. The first kappa shape index (κ1) is 42.9. The highest BCUT2D eigenvalue weighted by atomic mass is 35.5. The summed E-state index contributed by atoms with van der Waals surface area (Å²) in [6, 6.07) is 10.2. The van der Waals surface area contributed by atoms with Crippen LogP contribution in [0.4, 0.5) is 9.59 Å². The molecule has 4 heterocycles. The molecule has 4 aromatic rings. The van der Waals surface area contributed by atoms with Crippen molar-refractivity contribution >= 4 is 55.4 Å². The Morgan fingerprint density at radius 2 is 1.02 bits per heavy atom. The molecule has 304 valence electrons. The normalized spacial score (nSPS) is 19.9. The third kappa shape index (κ3) is 9.16. The van der Waals surface area contributed by atoms with Gasteiger partial charge in [-0.25, -0.2) is 26.4 Å². The molecule has 0 spiro atoms. The summed E-state index contributed by atoms with van der Waals surface area (Å²) in [6.07, 6.45) is 4.35. The first-order valence-corrected chi connectivity index (χ1v) is 21.4. The van der Waals surface area contributed by atoms with Crippen molar-refractivity contribution in [3.05, 3.63) is 93.5 Å². The van der Waals surface area contributed by atoms with Gasteiger partial charge in [0.25, 0.3) is 0 Å². The number of sulfonamides is 2. The Morgan fingerprint density at radius 1 is 0.679 bits per heavy atom. The number of aromatic amines is 2. The number of rotatable bonds is 10. The molecule has 2 aromatic heterocycles. The predicted molar refractivity (Wildman–Crippen MR) is 209 cm³/mol. The van der Waals surface area contributed by atoms with E-state index in [0.29, 0.717) is 46.9 Å². The molecule has 0 aliphatic carbocycles. The van der Waals surface area contributed by atoms with E-state index in [2.05, 4.69) is 20.4 Å². The van der Waals surface area contributed by atoms with Gasteiger partial charge in [-0.3, -0.25) is 10.2 Å². The molecule has 2 aromatic carbocycles. The summed E-state index contributed by atoms with van der Waals surface area (Å²) in [5.41, 5.74) is 3.16. The number of hydrogen-bond acceptors (Lipinski definition) is 10. The van der Waals surface area contributed by atoms with Crippen LogP contribution < -0.4 is 0 Å². The minimum Gasteiger partial charge on any atom is -0.447 e. The summed E-state index contributed by atoms with van der Waals surface area (Å²) in [4.78, 5) is 26.8. The van der Waals surface area contributed by atoms with Gasteiger partial charge in [0.1, 0.15) is 13.2 Å². The number of aromatic nitrogens is 4. The maximum atomic E-state index is 13.5. The molecule has 0 radical (unpaired) electrons. The van der Waals surface area contributed by atoms with Crippen LogP contribution in [0.15, 0.2) is 70.7 Å². The molecule has 0 saturated carbocycles. The second kappa shape index (κ2) is 17.9. The molecular formula is C36H46Cl2N8O8S2. The zero-order valence-electron chi connectivity index (χ0n) is 31.8. The van der Waals surface area contributed by atoms with Crippen molar-refractivity contribution in [3.8, 4) is 0 Å². The lowest BCUT2D eigenvalue weighted by Crippen LogP contribution is -2.48. The van der Waals surface area contributed by atoms with Crippen LogP contribution in [0.3, 0.4) is 0 Å². The van der Waals surface area contributed by atoms with Crippen LogP contribution in [-0.2, 0) is 42.4 Å². The van der Waals surface area contributed by atoms with Gasteiger partial charge in [0.2, 0.25) is 20.0 Å². The molecule has 16 nitrogen and oxygen atoms in total. The molecule has 20 heteroatoms. The largest absolute Gasteiger partial charge is 0.447 e. The van der Waals surface area contributed by atoms with E-state index in [9.17, 15) is 26.4 Å². The molecular weight excluding hydrogens is 807 g/mol. The Labute approximate surface area is 337 Å². The fourth-order valence-corrected chi connectivity index (χ4v) is 10.6. The van der Waals surface area contributed by atoms with Crippen molar-refractivity contribution in [2.45, 2.75) is 73.5 Å². The number of benzene rings is 2. The van der Waals surface area contributed by atoms with Gasteiger partial charge in [-0.1, -0.05) is 37.0 Å². The molecule has 0 fully saturated rings. The Morgan fingerprint density at radius 3 is 1.32 bits per heavy atom. The van der Waals surface area contributed by atoms with Crippen molar-refractivity contribution in [2.24, 2.45) is 0 Å². The van der Waals surface area contributed by atoms with Crippen molar-refractivity contribution in [2.75, 3.05) is 41.4 Å². The van der Waals surface area contributed by atoms with Crippen LogP contribution in [0.25, 0.3) is 0 Å². The lowest BCUT2D eigenvalue weighted by atomic mass is 9.95. The third-order valence-corrected chi connectivity index (χ3v) is 14.1. The highest BCUT2D eigenvalue weighted by Crippen LogP contribution is 2.40. The van der Waals surface area contributed by atoms with E-state index in [4.69, 9.17) is 32.7 Å². The summed E-state index contributed by atoms with van der Waals surface area (Å²) >= 11 is 11.8. The van der Waals surface area contributed by atoms with Crippen LogP contribution in [-0.4, -0.2) is 121 Å². The van der Waals surface area contributed by atoms with E-state index in [-0.39, 0.29) is 35.1 Å². The molecule has 4 atom stereocenters. The Balaban J connectivity index is 0.000000214. The highest BCUT2D eigenvalue weighted by molar-refractivity contribution is 7.89. The Bertz CT molecular complexity index is 2040.